The Morgan fingerprint density at radius 1 is 1.04 bits per heavy atom. The molecule has 1 aliphatic rings. The van der Waals surface area contributed by atoms with Crippen molar-refractivity contribution in [2.24, 2.45) is 0 Å². The van der Waals surface area contributed by atoms with E-state index in [1.54, 1.807) is 0 Å². The number of halogens is 2. The predicted molar refractivity (Wildman–Crippen MR) is 76.7 cm³/mol. The van der Waals surface area contributed by atoms with Gasteiger partial charge >= 0.3 is 10.1 Å². The Balaban J connectivity index is 1.95. The SMILES string of the molecule is O=C1NCCc2ccc(S(=O)(=O)Oc3ccc(F)c(F)c3)cc21. The Morgan fingerprint density at radius 3 is 2.57 bits per heavy atom. The van der Waals surface area contributed by atoms with Crippen LogP contribution in [0.2, 0.25) is 0 Å². The Kier molecular flexibility index (Phi) is 3.77. The highest BCUT2D eigenvalue weighted by Crippen LogP contribution is 2.23. The van der Waals surface area contributed by atoms with Gasteiger partial charge in [-0.25, -0.2) is 8.78 Å². The monoisotopic (exact) mass is 339 g/mol. The van der Waals surface area contributed by atoms with Crippen molar-refractivity contribution in [3.8, 4) is 5.75 Å². The zero-order valence-electron chi connectivity index (χ0n) is 11.7. The lowest BCUT2D eigenvalue weighted by Gasteiger charge is -2.17. The summed E-state index contributed by atoms with van der Waals surface area (Å²) in [6.07, 6.45) is 0.603. The summed E-state index contributed by atoms with van der Waals surface area (Å²) in [6.45, 7) is 0.489. The summed E-state index contributed by atoms with van der Waals surface area (Å²) >= 11 is 0. The number of hydrogen-bond acceptors (Lipinski definition) is 4. The van der Waals surface area contributed by atoms with Gasteiger partial charge in [-0.2, -0.15) is 8.42 Å². The molecule has 5 nitrogen and oxygen atoms in total. The van der Waals surface area contributed by atoms with Crippen molar-refractivity contribution >= 4 is 16.0 Å². The number of hydrogen-bond donors (Lipinski definition) is 1. The van der Waals surface area contributed by atoms with E-state index in [1.807, 2.05) is 0 Å². The van der Waals surface area contributed by atoms with E-state index in [4.69, 9.17) is 4.18 Å². The maximum Gasteiger partial charge on any atom is 0.339 e. The van der Waals surface area contributed by atoms with Gasteiger partial charge in [0, 0.05) is 18.2 Å². The second-order valence-electron chi connectivity index (χ2n) is 4.94. The van der Waals surface area contributed by atoms with Crippen molar-refractivity contribution in [2.45, 2.75) is 11.3 Å². The first kappa shape index (κ1) is 15.4. The molecular formula is C15H11F2NO4S. The van der Waals surface area contributed by atoms with Gasteiger partial charge in [0.15, 0.2) is 11.6 Å². The highest BCUT2D eigenvalue weighted by molar-refractivity contribution is 7.87. The van der Waals surface area contributed by atoms with Crippen LogP contribution in [-0.4, -0.2) is 20.9 Å². The first-order valence-corrected chi connectivity index (χ1v) is 8.08. The highest BCUT2D eigenvalue weighted by Gasteiger charge is 2.23. The van der Waals surface area contributed by atoms with E-state index in [0.29, 0.717) is 19.0 Å². The predicted octanol–water partition coefficient (Wildman–Crippen LogP) is 2.02. The minimum absolute atomic E-state index is 0.238. The molecule has 0 radical (unpaired) electrons. The lowest BCUT2D eigenvalue weighted by molar-refractivity contribution is 0.0945. The van der Waals surface area contributed by atoms with E-state index in [0.717, 1.165) is 17.7 Å². The number of amides is 1. The molecule has 0 saturated heterocycles. The van der Waals surface area contributed by atoms with Crippen molar-refractivity contribution in [3.05, 3.63) is 59.2 Å². The van der Waals surface area contributed by atoms with Crippen molar-refractivity contribution in [1.82, 2.24) is 5.32 Å². The van der Waals surface area contributed by atoms with Gasteiger partial charge in [-0.15, -0.1) is 0 Å². The molecule has 1 aliphatic heterocycles. The largest absolute Gasteiger partial charge is 0.379 e. The van der Waals surface area contributed by atoms with Gasteiger partial charge in [0.25, 0.3) is 5.91 Å². The average Bonchev–Trinajstić information content (AvgIpc) is 2.51. The molecule has 0 atom stereocenters. The third kappa shape index (κ3) is 3.02. The summed E-state index contributed by atoms with van der Waals surface area (Å²) < 4.78 is 55.2. The first-order chi connectivity index (χ1) is 10.9. The van der Waals surface area contributed by atoms with Crippen LogP contribution in [0.4, 0.5) is 8.78 Å². The van der Waals surface area contributed by atoms with Crippen LogP contribution in [0.5, 0.6) is 5.75 Å². The standard InChI is InChI=1S/C15H11F2NO4S/c16-13-4-2-10(7-14(13)17)22-23(20,21)11-3-1-9-5-6-18-15(19)12(9)8-11/h1-4,7-8H,5-6H2,(H,18,19). The molecule has 3 rings (SSSR count). The summed E-state index contributed by atoms with van der Waals surface area (Å²) in [5, 5.41) is 2.61. The molecule has 2 aromatic carbocycles. The molecule has 2 aromatic rings. The summed E-state index contributed by atoms with van der Waals surface area (Å²) in [4.78, 5) is 11.5. The van der Waals surface area contributed by atoms with Gasteiger partial charge in [-0.3, -0.25) is 4.79 Å². The summed E-state index contributed by atoms with van der Waals surface area (Å²) in [7, 11) is -4.27. The van der Waals surface area contributed by atoms with Gasteiger partial charge in [0.05, 0.1) is 0 Å². The van der Waals surface area contributed by atoms with Crippen LogP contribution in [0.25, 0.3) is 0 Å². The van der Waals surface area contributed by atoms with E-state index in [1.165, 1.54) is 18.2 Å². The molecule has 23 heavy (non-hydrogen) atoms. The van der Waals surface area contributed by atoms with E-state index in [-0.39, 0.29) is 22.1 Å². The second-order valence-corrected chi connectivity index (χ2v) is 6.48. The smallest absolute Gasteiger partial charge is 0.339 e. The van der Waals surface area contributed by atoms with Crippen LogP contribution in [0.15, 0.2) is 41.3 Å². The molecule has 0 aromatic heterocycles. The molecule has 1 heterocycles. The molecule has 0 fully saturated rings. The third-order valence-electron chi connectivity index (χ3n) is 3.39. The van der Waals surface area contributed by atoms with Gasteiger partial charge in [-0.1, -0.05) is 6.07 Å². The summed E-state index contributed by atoms with van der Waals surface area (Å²) in [5.41, 5.74) is 0.992. The lowest BCUT2D eigenvalue weighted by Crippen LogP contribution is -2.32. The van der Waals surface area contributed by atoms with Crippen LogP contribution in [0, 0.1) is 11.6 Å². The van der Waals surface area contributed by atoms with Crippen molar-refractivity contribution < 1.29 is 26.2 Å². The fourth-order valence-electron chi connectivity index (χ4n) is 2.25. The minimum Gasteiger partial charge on any atom is -0.379 e. The summed E-state index contributed by atoms with van der Waals surface area (Å²) in [5.74, 6) is -3.05. The van der Waals surface area contributed by atoms with Crippen LogP contribution < -0.4 is 9.50 Å². The van der Waals surface area contributed by atoms with Crippen molar-refractivity contribution in [2.75, 3.05) is 6.54 Å². The normalized spacial score (nSPS) is 14.1. The Labute approximate surface area is 131 Å². The second kappa shape index (κ2) is 5.62. The van der Waals surface area contributed by atoms with E-state index in [9.17, 15) is 22.0 Å². The number of carbonyl (C=O) groups excluding carboxylic acids is 1. The molecule has 8 heteroatoms. The molecule has 0 aliphatic carbocycles. The zero-order chi connectivity index (χ0) is 16.6. The molecule has 0 spiro atoms. The molecule has 0 bridgehead atoms. The lowest BCUT2D eigenvalue weighted by atomic mass is 10.0. The number of carbonyl (C=O) groups is 1. The topological polar surface area (TPSA) is 72.5 Å². The molecule has 120 valence electrons. The van der Waals surface area contributed by atoms with Crippen LogP contribution in [0.3, 0.4) is 0 Å². The van der Waals surface area contributed by atoms with Gasteiger partial charge in [0.1, 0.15) is 10.6 Å². The molecular weight excluding hydrogens is 328 g/mol. The quantitative estimate of drug-likeness (QED) is 0.869. The van der Waals surface area contributed by atoms with E-state index >= 15 is 0 Å². The Hall–Kier alpha value is -2.48. The minimum atomic E-state index is -4.27. The fraction of sp³-hybridized carbons (Fsp3) is 0.133. The van der Waals surface area contributed by atoms with E-state index in [2.05, 4.69) is 5.32 Å². The van der Waals surface area contributed by atoms with Crippen LogP contribution >= 0.6 is 0 Å². The maximum atomic E-state index is 13.1. The molecule has 0 unspecified atom stereocenters. The number of rotatable bonds is 3. The summed E-state index contributed by atoms with van der Waals surface area (Å²) in [6, 6.07) is 6.46. The van der Waals surface area contributed by atoms with Gasteiger partial charge in [-0.05, 0) is 36.2 Å². The highest BCUT2D eigenvalue weighted by atomic mass is 32.2. The zero-order valence-corrected chi connectivity index (χ0v) is 12.5. The van der Waals surface area contributed by atoms with Crippen LogP contribution in [0.1, 0.15) is 15.9 Å². The van der Waals surface area contributed by atoms with Crippen LogP contribution in [-0.2, 0) is 16.5 Å². The van der Waals surface area contributed by atoms with Crippen molar-refractivity contribution in [1.29, 1.82) is 0 Å². The fourth-order valence-corrected chi connectivity index (χ4v) is 3.20. The molecule has 1 amide bonds. The first-order valence-electron chi connectivity index (χ1n) is 6.67. The Bertz CT molecular complexity index is 896. The van der Waals surface area contributed by atoms with Gasteiger partial charge < -0.3 is 9.50 Å². The number of benzene rings is 2. The molecule has 1 N–H and O–H groups in total. The van der Waals surface area contributed by atoms with Gasteiger partial charge in [0.2, 0.25) is 0 Å². The van der Waals surface area contributed by atoms with Crippen molar-refractivity contribution in [3.63, 3.8) is 0 Å². The number of fused-ring (bicyclic) bond motifs is 1. The Morgan fingerprint density at radius 2 is 1.83 bits per heavy atom. The molecule has 0 saturated carbocycles. The maximum absolute atomic E-state index is 13.1. The van der Waals surface area contributed by atoms with E-state index < -0.39 is 21.8 Å². The third-order valence-corrected chi connectivity index (χ3v) is 4.63. The number of nitrogens with one attached hydrogen (secondary N) is 1. The average molecular weight is 339 g/mol.